The lowest BCUT2D eigenvalue weighted by Crippen LogP contribution is -2.45. The van der Waals surface area contributed by atoms with Gasteiger partial charge < -0.3 is 14.8 Å². The minimum atomic E-state index is 0.593. The highest BCUT2D eigenvalue weighted by atomic mass is 16.5. The second kappa shape index (κ2) is 9.42. The molecule has 0 aliphatic carbocycles. The molecule has 178 valence electrons. The number of aromatic nitrogens is 5. The molecule has 0 spiro atoms. The van der Waals surface area contributed by atoms with E-state index in [9.17, 15) is 0 Å². The van der Waals surface area contributed by atoms with Crippen molar-refractivity contribution in [1.29, 1.82) is 0 Å². The largest absolute Gasteiger partial charge is 0.493 e. The summed E-state index contributed by atoms with van der Waals surface area (Å²) in [4.78, 5) is 16.5. The van der Waals surface area contributed by atoms with Gasteiger partial charge in [0.05, 0.1) is 19.7 Å². The van der Waals surface area contributed by atoms with Crippen LogP contribution in [0.4, 0.5) is 5.95 Å². The predicted molar refractivity (Wildman–Crippen MR) is 133 cm³/mol. The quantitative estimate of drug-likeness (QED) is 0.441. The van der Waals surface area contributed by atoms with Crippen LogP contribution in [0.15, 0.2) is 36.7 Å². The number of pyridine rings is 1. The molecule has 34 heavy (non-hydrogen) atoms. The number of anilines is 1. The fraction of sp³-hybridized carbons (Fsp3) is 0.440. The van der Waals surface area contributed by atoms with Gasteiger partial charge in [-0.15, -0.1) is 5.10 Å². The summed E-state index contributed by atoms with van der Waals surface area (Å²) in [7, 11) is 3.25. The average molecular weight is 462 g/mol. The van der Waals surface area contributed by atoms with Crippen LogP contribution in [-0.4, -0.2) is 68.9 Å². The van der Waals surface area contributed by atoms with Crippen molar-refractivity contribution in [3.05, 3.63) is 36.7 Å². The van der Waals surface area contributed by atoms with E-state index in [0.717, 1.165) is 29.6 Å². The number of methoxy groups -OCH3 is 2. The lowest BCUT2D eigenvalue weighted by atomic mass is 9.98. The molecule has 1 aromatic carbocycles. The van der Waals surface area contributed by atoms with Crippen LogP contribution in [0.5, 0.6) is 11.5 Å². The topological polar surface area (TPSA) is 89.7 Å². The van der Waals surface area contributed by atoms with Gasteiger partial charge >= 0.3 is 0 Å². The van der Waals surface area contributed by atoms with E-state index in [2.05, 4.69) is 29.0 Å². The van der Waals surface area contributed by atoms with Gasteiger partial charge in [-0.1, -0.05) is 6.42 Å². The van der Waals surface area contributed by atoms with Crippen molar-refractivity contribution in [3.8, 4) is 22.9 Å². The van der Waals surface area contributed by atoms with Gasteiger partial charge in [-0.25, -0.2) is 9.97 Å². The summed E-state index contributed by atoms with van der Waals surface area (Å²) in [5, 5.41) is 9.14. The van der Waals surface area contributed by atoms with Gasteiger partial charge in [0, 0.05) is 54.6 Å². The Bertz CT molecular complexity index is 1280. The monoisotopic (exact) mass is 461 g/mol. The van der Waals surface area contributed by atoms with E-state index in [4.69, 9.17) is 24.5 Å². The summed E-state index contributed by atoms with van der Waals surface area (Å²) >= 11 is 0. The van der Waals surface area contributed by atoms with Crippen molar-refractivity contribution in [2.75, 3.05) is 32.6 Å². The summed E-state index contributed by atoms with van der Waals surface area (Å²) < 4.78 is 12.8. The van der Waals surface area contributed by atoms with Gasteiger partial charge in [0.2, 0.25) is 5.95 Å². The van der Waals surface area contributed by atoms with Gasteiger partial charge in [0.25, 0.3) is 0 Å². The zero-order chi connectivity index (χ0) is 23.7. The Balaban J connectivity index is 1.55. The fourth-order valence-electron chi connectivity index (χ4n) is 4.88. The van der Waals surface area contributed by atoms with Crippen LogP contribution in [-0.2, 0) is 0 Å². The van der Waals surface area contributed by atoms with E-state index >= 15 is 0 Å². The van der Waals surface area contributed by atoms with Gasteiger partial charge in [-0.05, 0) is 44.9 Å². The molecule has 0 radical (unpaired) electrons. The number of hydrogen-bond donors (Lipinski definition) is 1. The average Bonchev–Trinajstić information content (AvgIpc) is 3.31. The molecule has 0 bridgehead atoms. The van der Waals surface area contributed by atoms with Gasteiger partial charge in [-0.3, -0.25) is 9.88 Å². The minimum Gasteiger partial charge on any atom is -0.493 e. The summed E-state index contributed by atoms with van der Waals surface area (Å²) in [5.74, 6) is 2.49. The SMILES string of the molecule is COc1cc2nc(NCCN3[C@H](C)CCC[C@@H]3C)n3nc(-c4cccnc4)nc3c2cc1OC. The third kappa shape index (κ3) is 4.11. The molecule has 1 aliphatic heterocycles. The van der Waals surface area contributed by atoms with Crippen LogP contribution in [0.3, 0.4) is 0 Å². The van der Waals surface area contributed by atoms with Crippen LogP contribution < -0.4 is 14.8 Å². The Morgan fingerprint density at radius 1 is 1.06 bits per heavy atom. The second-order valence-electron chi connectivity index (χ2n) is 8.87. The van der Waals surface area contributed by atoms with Crippen LogP contribution in [0.1, 0.15) is 33.1 Å². The van der Waals surface area contributed by atoms with Crippen molar-refractivity contribution in [2.24, 2.45) is 0 Å². The third-order valence-corrected chi connectivity index (χ3v) is 6.73. The maximum absolute atomic E-state index is 5.53. The molecule has 1 N–H and O–H groups in total. The first-order valence-electron chi connectivity index (χ1n) is 11.8. The highest BCUT2D eigenvalue weighted by Gasteiger charge is 2.24. The van der Waals surface area contributed by atoms with Crippen LogP contribution in [0.2, 0.25) is 0 Å². The van der Waals surface area contributed by atoms with Crippen LogP contribution in [0, 0.1) is 0 Å². The molecule has 1 fully saturated rings. The van der Waals surface area contributed by atoms with Gasteiger partial charge in [0.1, 0.15) is 0 Å². The van der Waals surface area contributed by atoms with E-state index in [1.807, 2.05) is 24.3 Å². The summed E-state index contributed by atoms with van der Waals surface area (Å²) in [6.07, 6.45) is 7.31. The number of likely N-dealkylation sites (tertiary alicyclic amines) is 1. The molecule has 4 aromatic rings. The number of piperidine rings is 1. The maximum Gasteiger partial charge on any atom is 0.226 e. The first-order chi connectivity index (χ1) is 16.6. The van der Waals surface area contributed by atoms with E-state index < -0.39 is 0 Å². The van der Waals surface area contributed by atoms with Crippen molar-refractivity contribution in [3.63, 3.8) is 0 Å². The van der Waals surface area contributed by atoms with Crippen molar-refractivity contribution < 1.29 is 9.47 Å². The molecule has 1 saturated heterocycles. The first-order valence-corrected chi connectivity index (χ1v) is 11.8. The molecule has 9 nitrogen and oxygen atoms in total. The van der Waals surface area contributed by atoms with Crippen molar-refractivity contribution >= 4 is 22.5 Å². The van der Waals surface area contributed by atoms with E-state index in [1.54, 1.807) is 31.1 Å². The molecule has 9 heteroatoms. The van der Waals surface area contributed by atoms with Crippen LogP contribution >= 0.6 is 0 Å². The number of benzene rings is 1. The summed E-state index contributed by atoms with van der Waals surface area (Å²) in [6, 6.07) is 8.80. The summed E-state index contributed by atoms with van der Waals surface area (Å²) in [6.45, 7) is 6.34. The molecule has 5 rings (SSSR count). The molecule has 2 atom stereocenters. The van der Waals surface area contributed by atoms with E-state index in [1.165, 1.54) is 19.3 Å². The smallest absolute Gasteiger partial charge is 0.226 e. The first kappa shape index (κ1) is 22.3. The lowest BCUT2D eigenvalue weighted by Gasteiger charge is -2.39. The molecule has 3 aromatic heterocycles. The molecule has 0 saturated carbocycles. The normalized spacial score (nSPS) is 18.9. The lowest BCUT2D eigenvalue weighted by molar-refractivity contribution is 0.109. The summed E-state index contributed by atoms with van der Waals surface area (Å²) in [5.41, 5.74) is 2.31. The Kier molecular flexibility index (Phi) is 6.19. The predicted octanol–water partition coefficient (Wildman–Crippen LogP) is 4.03. The zero-order valence-corrected chi connectivity index (χ0v) is 20.2. The molecule has 1 aliphatic rings. The minimum absolute atomic E-state index is 0.593. The number of nitrogens with zero attached hydrogens (tertiary/aromatic N) is 6. The Morgan fingerprint density at radius 2 is 1.82 bits per heavy atom. The third-order valence-electron chi connectivity index (χ3n) is 6.73. The van der Waals surface area contributed by atoms with Gasteiger partial charge in [0.15, 0.2) is 23.0 Å². The Morgan fingerprint density at radius 3 is 2.53 bits per heavy atom. The highest BCUT2D eigenvalue weighted by Crippen LogP contribution is 2.34. The van der Waals surface area contributed by atoms with E-state index in [0.29, 0.717) is 41.0 Å². The van der Waals surface area contributed by atoms with Gasteiger partial charge in [-0.2, -0.15) is 4.52 Å². The number of ether oxygens (including phenoxy) is 2. The zero-order valence-electron chi connectivity index (χ0n) is 20.2. The number of fused-ring (bicyclic) bond motifs is 3. The molecule has 4 heterocycles. The number of rotatable bonds is 7. The second-order valence-corrected chi connectivity index (χ2v) is 8.87. The molecular weight excluding hydrogens is 430 g/mol. The van der Waals surface area contributed by atoms with Crippen molar-refractivity contribution in [2.45, 2.75) is 45.2 Å². The molecule has 0 unspecified atom stereocenters. The Hall–Kier alpha value is -3.46. The van der Waals surface area contributed by atoms with Crippen LogP contribution in [0.25, 0.3) is 27.9 Å². The maximum atomic E-state index is 5.53. The Labute approximate surface area is 199 Å². The van der Waals surface area contributed by atoms with E-state index in [-0.39, 0.29) is 0 Å². The fourth-order valence-corrected chi connectivity index (χ4v) is 4.88. The molecule has 0 amide bonds. The highest BCUT2D eigenvalue weighted by molar-refractivity contribution is 5.95. The number of hydrogen-bond acceptors (Lipinski definition) is 8. The number of nitrogens with one attached hydrogen (secondary N) is 1. The standard InChI is InChI=1S/C25H31N7O2/c1-16-7-5-8-17(2)31(16)12-11-27-25-28-20-14-22(34-4)21(33-3)13-19(20)24-29-23(30-32(24)25)18-9-6-10-26-15-18/h6,9-10,13-17H,5,7-8,11-12H2,1-4H3,(H,27,28)/t16-,17+. The molecular formula is C25H31N7O2. The van der Waals surface area contributed by atoms with Crippen molar-refractivity contribution in [1.82, 2.24) is 29.5 Å².